The van der Waals surface area contributed by atoms with Crippen LogP contribution in [0.3, 0.4) is 0 Å². The van der Waals surface area contributed by atoms with E-state index < -0.39 is 5.97 Å². The van der Waals surface area contributed by atoms with E-state index in [2.05, 4.69) is 5.32 Å². The second kappa shape index (κ2) is 8.05. The third-order valence-electron chi connectivity index (χ3n) is 4.20. The van der Waals surface area contributed by atoms with E-state index in [4.69, 9.17) is 33.0 Å². The van der Waals surface area contributed by atoms with Crippen molar-refractivity contribution < 1.29 is 19.4 Å². The van der Waals surface area contributed by atoms with Crippen LogP contribution in [0.25, 0.3) is 0 Å². The Balaban J connectivity index is 1.96. The lowest BCUT2D eigenvalue weighted by Gasteiger charge is -2.42. The maximum atomic E-state index is 12.4. The number of hydrogen-bond acceptors (Lipinski definition) is 4. The molecule has 1 aromatic rings. The van der Waals surface area contributed by atoms with E-state index in [9.17, 15) is 9.59 Å². The van der Waals surface area contributed by atoms with Gasteiger partial charge in [0.15, 0.2) is 0 Å². The summed E-state index contributed by atoms with van der Waals surface area (Å²) in [6.45, 7) is 2.61. The highest BCUT2D eigenvalue weighted by molar-refractivity contribution is 6.42. The van der Waals surface area contributed by atoms with Gasteiger partial charge in [-0.2, -0.15) is 0 Å². The molecule has 0 spiro atoms. The number of rotatable bonds is 7. The third kappa shape index (κ3) is 4.32. The van der Waals surface area contributed by atoms with Crippen LogP contribution >= 0.6 is 23.2 Å². The molecule has 1 amide bonds. The second-order valence-corrected chi connectivity index (χ2v) is 6.53. The smallest absolute Gasteiger partial charge is 0.317 e. The second-order valence-electron chi connectivity index (χ2n) is 5.72. The van der Waals surface area contributed by atoms with E-state index >= 15 is 0 Å². The number of carboxylic acid groups (broad SMARTS) is 1. The van der Waals surface area contributed by atoms with E-state index in [1.807, 2.05) is 11.8 Å². The Labute approximate surface area is 150 Å². The van der Waals surface area contributed by atoms with Crippen molar-refractivity contribution >= 4 is 35.1 Å². The van der Waals surface area contributed by atoms with Crippen LogP contribution in [-0.4, -0.2) is 54.2 Å². The van der Waals surface area contributed by atoms with Gasteiger partial charge >= 0.3 is 5.97 Å². The molecule has 0 atom stereocenters. The van der Waals surface area contributed by atoms with Crippen molar-refractivity contribution in [2.24, 2.45) is 0 Å². The van der Waals surface area contributed by atoms with Gasteiger partial charge in [0.05, 0.1) is 29.3 Å². The Bertz CT molecular complexity index is 633. The predicted octanol–water partition coefficient (Wildman–Crippen LogP) is 2.67. The molecular formula is C16H20Cl2N2O4. The summed E-state index contributed by atoms with van der Waals surface area (Å²) in [7, 11) is 1.46. The molecule has 1 aliphatic rings. The van der Waals surface area contributed by atoms with Gasteiger partial charge in [-0.15, -0.1) is 0 Å². The highest BCUT2D eigenvalue weighted by Crippen LogP contribution is 2.31. The molecule has 0 aromatic heterocycles. The monoisotopic (exact) mass is 374 g/mol. The molecule has 132 valence electrons. The summed E-state index contributed by atoms with van der Waals surface area (Å²) in [5, 5.41) is 12.4. The van der Waals surface area contributed by atoms with Gasteiger partial charge in [-0.05, 0) is 25.5 Å². The van der Waals surface area contributed by atoms with Crippen molar-refractivity contribution in [2.75, 3.05) is 20.2 Å². The maximum absolute atomic E-state index is 12.4. The zero-order valence-electron chi connectivity index (χ0n) is 13.5. The largest absolute Gasteiger partial charge is 0.496 e. The fourth-order valence-electron chi connectivity index (χ4n) is 2.81. The van der Waals surface area contributed by atoms with Crippen molar-refractivity contribution in [2.45, 2.75) is 31.8 Å². The number of carbonyl (C=O) groups is 2. The van der Waals surface area contributed by atoms with Crippen LogP contribution < -0.4 is 10.1 Å². The topological polar surface area (TPSA) is 78.9 Å². The molecule has 0 unspecified atom stereocenters. The lowest BCUT2D eigenvalue weighted by atomic mass is 9.85. The fraction of sp³-hybridized carbons (Fsp3) is 0.500. The predicted molar refractivity (Wildman–Crippen MR) is 92.2 cm³/mol. The van der Waals surface area contributed by atoms with Crippen molar-refractivity contribution in [3.63, 3.8) is 0 Å². The molecule has 6 nitrogen and oxygen atoms in total. The fourth-order valence-corrected chi connectivity index (χ4v) is 3.13. The quantitative estimate of drug-likeness (QED) is 0.766. The van der Waals surface area contributed by atoms with Crippen molar-refractivity contribution in [1.82, 2.24) is 10.2 Å². The number of likely N-dealkylation sites (N-methyl/N-ethyl adjacent to an activating group) is 1. The number of amides is 1. The molecule has 2 rings (SSSR count). The number of halogens is 2. The Kier molecular flexibility index (Phi) is 6.32. The van der Waals surface area contributed by atoms with Gasteiger partial charge in [-0.1, -0.05) is 30.1 Å². The zero-order chi connectivity index (χ0) is 17.9. The van der Waals surface area contributed by atoms with Crippen LogP contribution in [0.1, 0.15) is 30.1 Å². The van der Waals surface area contributed by atoms with Gasteiger partial charge < -0.3 is 15.2 Å². The minimum atomic E-state index is -0.843. The van der Waals surface area contributed by atoms with Crippen LogP contribution in [0.4, 0.5) is 0 Å². The first kappa shape index (κ1) is 18.8. The molecule has 8 heteroatoms. The Morgan fingerprint density at radius 3 is 2.50 bits per heavy atom. The average Bonchev–Trinajstić information content (AvgIpc) is 2.50. The average molecular weight is 375 g/mol. The van der Waals surface area contributed by atoms with Crippen LogP contribution in [0, 0.1) is 0 Å². The van der Waals surface area contributed by atoms with Crippen LogP contribution in [0.5, 0.6) is 5.75 Å². The Morgan fingerprint density at radius 1 is 1.33 bits per heavy atom. The third-order valence-corrected chi connectivity index (χ3v) is 4.92. The summed E-state index contributed by atoms with van der Waals surface area (Å²) in [5.41, 5.74) is 0.327. The van der Waals surface area contributed by atoms with Gasteiger partial charge in [0.1, 0.15) is 5.75 Å². The van der Waals surface area contributed by atoms with Gasteiger partial charge in [0, 0.05) is 18.2 Å². The summed E-state index contributed by atoms with van der Waals surface area (Å²) in [6.07, 6.45) is 1.44. The first-order valence-corrected chi connectivity index (χ1v) is 8.41. The minimum Gasteiger partial charge on any atom is -0.496 e. The standard InChI is InChI=1S/C16H20Cl2N2O4/c1-3-20(8-15(21)22)10-4-9(5-10)19-16(23)11-6-12(17)13(18)7-14(11)24-2/h6-7,9-10H,3-5,8H2,1-2H3,(H,19,23)(H,21,22). The number of hydrogen-bond donors (Lipinski definition) is 2. The molecule has 0 heterocycles. The molecule has 2 N–H and O–H groups in total. The Morgan fingerprint density at radius 2 is 1.96 bits per heavy atom. The SMILES string of the molecule is CCN(CC(=O)O)C1CC(NC(=O)c2cc(Cl)c(Cl)cc2OC)C1. The number of benzene rings is 1. The van der Waals surface area contributed by atoms with Crippen LogP contribution in [0.2, 0.25) is 10.0 Å². The van der Waals surface area contributed by atoms with E-state index in [0.717, 1.165) is 12.8 Å². The number of carbonyl (C=O) groups excluding carboxylic acids is 1. The maximum Gasteiger partial charge on any atom is 0.317 e. The first-order chi connectivity index (χ1) is 11.3. The molecule has 0 aliphatic heterocycles. The van der Waals surface area contributed by atoms with E-state index in [1.54, 1.807) is 0 Å². The number of carboxylic acids is 1. The minimum absolute atomic E-state index is 0.00417. The zero-order valence-corrected chi connectivity index (χ0v) is 15.0. The van der Waals surface area contributed by atoms with Crippen molar-refractivity contribution in [1.29, 1.82) is 0 Å². The lowest BCUT2D eigenvalue weighted by Crippen LogP contribution is -2.54. The number of methoxy groups -OCH3 is 1. The summed E-state index contributed by atoms with van der Waals surface area (Å²) in [5.74, 6) is -0.765. The van der Waals surface area contributed by atoms with Gasteiger partial charge in [-0.3, -0.25) is 14.5 Å². The first-order valence-electron chi connectivity index (χ1n) is 7.65. The van der Waals surface area contributed by atoms with Crippen molar-refractivity contribution in [3.8, 4) is 5.75 Å². The molecule has 1 saturated carbocycles. The number of nitrogens with zero attached hydrogens (tertiary/aromatic N) is 1. The number of nitrogens with one attached hydrogen (secondary N) is 1. The molecule has 24 heavy (non-hydrogen) atoms. The van der Waals surface area contributed by atoms with Crippen molar-refractivity contribution in [3.05, 3.63) is 27.7 Å². The van der Waals surface area contributed by atoms with E-state index in [-0.39, 0.29) is 29.6 Å². The lowest BCUT2D eigenvalue weighted by molar-refractivity contribution is -0.139. The molecule has 0 bridgehead atoms. The van der Waals surface area contributed by atoms with Gasteiger partial charge in [-0.25, -0.2) is 0 Å². The molecule has 1 aromatic carbocycles. The van der Waals surface area contributed by atoms with Crippen LogP contribution in [-0.2, 0) is 4.79 Å². The highest BCUT2D eigenvalue weighted by atomic mass is 35.5. The summed E-state index contributed by atoms with van der Waals surface area (Å²) < 4.78 is 5.18. The van der Waals surface area contributed by atoms with E-state index in [1.165, 1.54) is 19.2 Å². The number of ether oxygens (including phenoxy) is 1. The molecule has 1 fully saturated rings. The highest BCUT2D eigenvalue weighted by Gasteiger charge is 2.35. The summed E-state index contributed by atoms with van der Waals surface area (Å²) >= 11 is 11.9. The molecule has 0 saturated heterocycles. The molecular weight excluding hydrogens is 355 g/mol. The Hall–Kier alpha value is -1.50. The van der Waals surface area contributed by atoms with Gasteiger partial charge in [0.2, 0.25) is 0 Å². The summed E-state index contributed by atoms with van der Waals surface area (Å²) in [4.78, 5) is 25.1. The molecule has 0 radical (unpaired) electrons. The van der Waals surface area contributed by atoms with Crippen LogP contribution in [0.15, 0.2) is 12.1 Å². The number of aliphatic carboxylic acids is 1. The van der Waals surface area contributed by atoms with E-state index in [0.29, 0.717) is 22.9 Å². The molecule has 1 aliphatic carbocycles. The van der Waals surface area contributed by atoms with Gasteiger partial charge in [0.25, 0.3) is 5.91 Å². The summed E-state index contributed by atoms with van der Waals surface area (Å²) in [6, 6.07) is 3.17. The normalized spacial score (nSPS) is 19.7.